The van der Waals surface area contributed by atoms with Crippen molar-refractivity contribution in [2.75, 3.05) is 37.9 Å². The molecule has 0 bridgehead atoms. The molecule has 1 fully saturated rings. The van der Waals surface area contributed by atoms with E-state index in [1.807, 2.05) is 11.9 Å². The van der Waals surface area contributed by atoms with E-state index in [4.69, 9.17) is 5.11 Å². The minimum atomic E-state index is -3.20. The van der Waals surface area contributed by atoms with Crippen LogP contribution in [0.1, 0.15) is 24.0 Å². The van der Waals surface area contributed by atoms with E-state index in [1.54, 1.807) is 13.0 Å². The van der Waals surface area contributed by atoms with E-state index in [0.717, 1.165) is 6.42 Å². The Kier molecular flexibility index (Phi) is 4.26. The lowest BCUT2D eigenvalue weighted by Crippen LogP contribution is -2.44. The molecule has 0 amide bonds. The maximum Gasteiger partial charge on any atom is 0.211 e. The Hall–Kier alpha value is -1.25. The largest absolute Gasteiger partial charge is 0.395 e. The first-order chi connectivity index (χ1) is 9.32. The van der Waals surface area contributed by atoms with E-state index < -0.39 is 10.0 Å². The van der Waals surface area contributed by atoms with E-state index in [9.17, 15) is 8.42 Å². The summed E-state index contributed by atoms with van der Waals surface area (Å²) >= 11 is 0. The first-order valence-corrected chi connectivity index (χ1v) is 8.32. The molecule has 0 aliphatic carbocycles. The summed E-state index contributed by atoms with van der Waals surface area (Å²) in [5.41, 5.74) is 0.717. The van der Waals surface area contributed by atoms with Crippen molar-refractivity contribution in [1.29, 1.82) is 0 Å². The first kappa shape index (κ1) is 15.1. The summed E-state index contributed by atoms with van der Waals surface area (Å²) in [5, 5.41) is 8.98. The van der Waals surface area contributed by atoms with Crippen molar-refractivity contribution in [1.82, 2.24) is 14.3 Å². The van der Waals surface area contributed by atoms with Crippen LogP contribution >= 0.6 is 0 Å². The number of hydrogen-bond acceptors (Lipinski definition) is 6. The number of aliphatic hydroxyl groups is 1. The van der Waals surface area contributed by atoms with E-state index in [-0.39, 0.29) is 12.6 Å². The van der Waals surface area contributed by atoms with Gasteiger partial charge in [-0.2, -0.15) is 4.31 Å². The van der Waals surface area contributed by atoms with Crippen LogP contribution in [0, 0.1) is 6.92 Å². The van der Waals surface area contributed by atoms with Gasteiger partial charge in [0.2, 0.25) is 10.0 Å². The second kappa shape index (κ2) is 5.63. The summed E-state index contributed by atoms with van der Waals surface area (Å²) in [6.07, 6.45) is 1.98. The normalized spacial score (nSPS) is 19.7. The maximum atomic E-state index is 11.6. The van der Waals surface area contributed by atoms with Crippen molar-refractivity contribution in [2.24, 2.45) is 0 Å². The van der Waals surface area contributed by atoms with Crippen LogP contribution in [0.15, 0.2) is 6.07 Å². The summed E-state index contributed by atoms with van der Waals surface area (Å²) in [6, 6.07) is 1.60. The smallest absolute Gasteiger partial charge is 0.211 e. The van der Waals surface area contributed by atoms with Crippen molar-refractivity contribution in [3.63, 3.8) is 0 Å². The fraction of sp³-hybridized carbons (Fsp3) is 0.667. The van der Waals surface area contributed by atoms with Gasteiger partial charge in [-0.1, -0.05) is 0 Å². The quantitative estimate of drug-likeness (QED) is 0.818. The monoisotopic (exact) mass is 300 g/mol. The van der Waals surface area contributed by atoms with Crippen molar-refractivity contribution < 1.29 is 13.5 Å². The molecule has 1 N–H and O–H groups in total. The molecule has 2 rings (SSSR count). The molecule has 0 aromatic carbocycles. The molecule has 1 aromatic rings. The minimum Gasteiger partial charge on any atom is -0.395 e. The molecule has 0 spiro atoms. The third-order valence-corrected chi connectivity index (χ3v) is 4.70. The lowest BCUT2D eigenvalue weighted by atomic mass is 10.0. The molecule has 7 nitrogen and oxygen atoms in total. The van der Waals surface area contributed by atoms with Crippen LogP contribution in [-0.2, 0) is 10.0 Å². The molecule has 1 atom stereocenters. The van der Waals surface area contributed by atoms with Crippen molar-refractivity contribution in [3.05, 3.63) is 17.6 Å². The number of rotatable bonds is 5. The topological polar surface area (TPSA) is 86.6 Å². The zero-order valence-corrected chi connectivity index (χ0v) is 12.8. The molecule has 1 aliphatic rings. The highest BCUT2D eigenvalue weighted by Crippen LogP contribution is 2.35. The van der Waals surface area contributed by atoms with Gasteiger partial charge in [0, 0.05) is 26.2 Å². The van der Waals surface area contributed by atoms with Gasteiger partial charge in [0.05, 0.1) is 24.6 Å². The third-order valence-electron chi connectivity index (χ3n) is 3.41. The SMILES string of the molecule is Cc1nc(C2CCN2S(C)(=O)=O)cc(N(C)CCO)n1. The highest BCUT2D eigenvalue weighted by Gasteiger charge is 2.37. The molecule has 2 heterocycles. The lowest BCUT2D eigenvalue weighted by molar-refractivity contribution is 0.198. The summed E-state index contributed by atoms with van der Waals surface area (Å²) < 4.78 is 24.7. The Morgan fingerprint density at radius 1 is 1.50 bits per heavy atom. The van der Waals surface area contributed by atoms with Gasteiger partial charge in [-0.05, 0) is 13.3 Å². The highest BCUT2D eigenvalue weighted by molar-refractivity contribution is 7.88. The zero-order valence-electron chi connectivity index (χ0n) is 11.9. The molecule has 0 radical (unpaired) electrons. The predicted octanol–water partition coefficient (Wildman–Crippen LogP) is -0.0801. The Balaban J connectivity index is 2.29. The second-order valence-corrected chi connectivity index (χ2v) is 6.96. The van der Waals surface area contributed by atoms with Crippen molar-refractivity contribution >= 4 is 15.8 Å². The van der Waals surface area contributed by atoms with Gasteiger partial charge in [-0.3, -0.25) is 0 Å². The maximum absolute atomic E-state index is 11.6. The third kappa shape index (κ3) is 3.08. The molecule has 1 aliphatic heterocycles. The number of nitrogens with zero attached hydrogens (tertiary/aromatic N) is 4. The molecule has 1 unspecified atom stereocenters. The van der Waals surface area contributed by atoms with Crippen molar-refractivity contribution in [3.8, 4) is 0 Å². The van der Waals surface area contributed by atoms with E-state index in [2.05, 4.69) is 9.97 Å². The van der Waals surface area contributed by atoms with Gasteiger partial charge >= 0.3 is 0 Å². The van der Waals surface area contributed by atoms with Crippen LogP contribution in [0.25, 0.3) is 0 Å². The minimum absolute atomic E-state index is 0.0355. The summed E-state index contributed by atoms with van der Waals surface area (Å²) in [6.45, 7) is 2.82. The number of aryl methyl sites for hydroxylation is 1. The zero-order chi connectivity index (χ0) is 14.9. The Bertz CT molecular complexity index is 590. The van der Waals surface area contributed by atoms with Crippen LogP contribution in [-0.4, -0.2) is 60.8 Å². The number of likely N-dealkylation sites (N-methyl/N-ethyl adjacent to an activating group) is 1. The highest BCUT2D eigenvalue weighted by atomic mass is 32.2. The van der Waals surface area contributed by atoms with Gasteiger partial charge < -0.3 is 10.0 Å². The number of hydrogen-bond donors (Lipinski definition) is 1. The Labute approximate surface area is 119 Å². The average molecular weight is 300 g/mol. The van der Waals surface area contributed by atoms with Crippen LogP contribution in [0.2, 0.25) is 0 Å². The molecule has 112 valence electrons. The second-order valence-electron chi connectivity index (χ2n) is 5.02. The number of aromatic nitrogens is 2. The number of aliphatic hydroxyl groups excluding tert-OH is 1. The van der Waals surface area contributed by atoms with Gasteiger partial charge in [0.1, 0.15) is 11.6 Å². The molecule has 8 heteroatoms. The Morgan fingerprint density at radius 2 is 2.20 bits per heavy atom. The van der Waals surface area contributed by atoms with Gasteiger partial charge in [-0.15, -0.1) is 0 Å². The predicted molar refractivity (Wildman–Crippen MR) is 76.0 cm³/mol. The fourth-order valence-corrected chi connectivity index (χ4v) is 3.37. The van der Waals surface area contributed by atoms with Crippen LogP contribution in [0.5, 0.6) is 0 Å². The fourth-order valence-electron chi connectivity index (χ4n) is 2.26. The van der Waals surface area contributed by atoms with E-state index in [1.165, 1.54) is 10.6 Å². The first-order valence-electron chi connectivity index (χ1n) is 6.47. The van der Waals surface area contributed by atoms with Crippen LogP contribution in [0.3, 0.4) is 0 Å². The van der Waals surface area contributed by atoms with Gasteiger partial charge in [0.15, 0.2) is 0 Å². The lowest BCUT2D eigenvalue weighted by Gasteiger charge is -2.38. The summed E-state index contributed by atoms with van der Waals surface area (Å²) in [4.78, 5) is 10.5. The molecule has 20 heavy (non-hydrogen) atoms. The molecular weight excluding hydrogens is 280 g/mol. The average Bonchev–Trinajstić information content (AvgIpc) is 2.24. The number of anilines is 1. The van der Waals surface area contributed by atoms with E-state index >= 15 is 0 Å². The standard InChI is InChI=1S/C12H20N4O3S/c1-9-13-10(8-12(14-9)15(2)6-7-17)11-4-5-16(11)20(3,18)19/h8,11,17H,4-7H2,1-3H3. The van der Waals surface area contributed by atoms with Crippen LogP contribution in [0.4, 0.5) is 5.82 Å². The van der Waals surface area contributed by atoms with Crippen LogP contribution < -0.4 is 4.90 Å². The molecule has 0 saturated carbocycles. The molecule has 1 aromatic heterocycles. The van der Waals surface area contributed by atoms with Gasteiger partial charge in [0.25, 0.3) is 0 Å². The van der Waals surface area contributed by atoms with Crippen molar-refractivity contribution in [2.45, 2.75) is 19.4 Å². The van der Waals surface area contributed by atoms with Gasteiger partial charge in [-0.25, -0.2) is 18.4 Å². The molecule has 1 saturated heterocycles. The summed E-state index contributed by atoms with van der Waals surface area (Å²) in [7, 11) is -1.37. The molecular formula is C12H20N4O3S. The Morgan fingerprint density at radius 3 is 2.70 bits per heavy atom. The van der Waals surface area contributed by atoms with E-state index in [0.29, 0.717) is 30.4 Å². The summed E-state index contributed by atoms with van der Waals surface area (Å²) in [5.74, 6) is 1.30. The number of sulfonamides is 1.